The summed E-state index contributed by atoms with van der Waals surface area (Å²) in [5.74, 6) is 0.312. The number of hydrogen-bond acceptors (Lipinski definition) is 5. The van der Waals surface area contributed by atoms with Crippen molar-refractivity contribution in [2.24, 2.45) is 0 Å². The number of thiocarbonyl (C=S) groups is 1. The van der Waals surface area contributed by atoms with E-state index in [9.17, 15) is 14.9 Å². The van der Waals surface area contributed by atoms with Crippen molar-refractivity contribution >= 4 is 40.3 Å². The highest BCUT2D eigenvalue weighted by Gasteiger charge is 2.34. The van der Waals surface area contributed by atoms with Crippen molar-refractivity contribution in [2.75, 3.05) is 17.3 Å². The summed E-state index contributed by atoms with van der Waals surface area (Å²) >= 11 is 5.68. The van der Waals surface area contributed by atoms with Crippen LogP contribution in [0.3, 0.4) is 0 Å². The van der Waals surface area contributed by atoms with Crippen molar-refractivity contribution in [3.8, 4) is 5.75 Å². The third-order valence-corrected chi connectivity index (χ3v) is 5.81. The molecule has 9 heteroatoms. The van der Waals surface area contributed by atoms with Crippen LogP contribution in [0.4, 0.5) is 17.1 Å². The van der Waals surface area contributed by atoms with Gasteiger partial charge in [-0.15, -0.1) is 0 Å². The molecule has 0 aromatic heterocycles. The van der Waals surface area contributed by atoms with Gasteiger partial charge in [-0.25, -0.2) is 0 Å². The minimum Gasteiger partial charge on any atom is -0.497 e. The van der Waals surface area contributed by atoms with Gasteiger partial charge in [-0.3, -0.25) is 19.8 Å². The number of nitrogens with one attached hydrogen (secondary N) is 2. The maximum Gasteiger partial charge on any atom is 0.271 e. The van der Waals surface area contributed by atoms with Crippen molar-refractivity contribution in [3.05, 3.63) is 106 Å². The van der Waals surface area contributed by atoms with Crippen molar-refractivity contribution in [2.45, 2.75) is 13.0 Å². The fourth-order valence-corrected chi connectivity index (χ4v) is 4.23. The Labute approximate surface area is 202 Å². The summed E-state index contributed by atoms with van der Waals surface area (Å²) in [6.07, 6.45) is 0. The van der Waals surface area contributed by atoms with Gasteiger partial charge in [-0.05, 0) is 55.0 Å². The van der Waals surface area contributed by atoms with Gasteiger partial charge in [0.05, 0.1) is 23.6 Å². The van der Waals surface area contributed by atoms with Gasteiger partial charge in [0.2, 0.25) is 0 Å². The fourth-order valence-electron chi connectivity index (χ4n) is 3.87. The molecule has 3 aromatic carbocycles. The Morgan fingerprint density at radius 3 is 2.44 bits per heavy atom. The number of carbonyl (C=O) groups excluding carboxylic acids is 1. The molecule has 1 aliphatic heterocycles. The number of non-ortho nitro benzene ring substituents is 1. The zero-order valence-electron chi connectivity index (χ0n) is 18.5. The average molecular weight is 475 g/mol. The molecule has 34 heavy (non-hydrogen) atoms. The lowest BCUT2D eigenvalue weighted by atomic mass is 9.94. The number of carbonyl (C=O) groups is 1. The molecule has 1 amide bonds. The summed E-state index contributed by atoms with van der Waals surface area (Å²) in [6, 6.07) is 22.2. The van der Waals surface area contributed by atoms with Crippen LogP contribution in [0.5, 0.6) is 5.75 Å². The van der Waals surface area contributed by atoms with Gasteiger partial charge in [0.15, 0.2) is 5.11 Å². The molecular formula is C25H22N4O4S. The minimum absolute atomic E-state index is 0.106. The van der Waals surface area contributed by atoms with Crippen LogP contribution in [-0.2, 0) is 4.79 Å². The van der Waals surface area contributed by atoms with E-state index in [0.717, 1.165) is 11.3 Å². The fraction of sp³-hybridized carbons (Fsp3) is 0.120. The van der Waals surface area contributed by atoms with Crippen LogP contribution in [0.15, 0.2) is 90.1 Å². The highest BCUT2D eigenvalue weighted by atomic mass is 32.1. The molecule has 1 atom stereocenters. The summed E-state index contributed by atoms with van der Waals surface area (Å²) in [5, 5.41) is 17.7. The topological polar surface area (TPSA) is 96.7 Å². The quantitative estimate of drug-likeness (QED) is 0.296. The first-order valence-electron chi connectivity index (χ1n) is 10.4. The molecule has 0 saturated heterocycles. The van der Waals surface area contributed by atoms with Gasteiger partial charge >= 0.3 is 0 Å². The van der Waals surface area contributed by atoms with Gasteiger partial charge in [-0.1, -0.05) is 36.4 Å². The molecule has 0 saturated carbocycles. The predicted octanol–water partition coefficient (Wildman–Crippen LogP) is 4.95. The zero-order valence-corrected chi connectivity index (χ0v) is 19.3. The number of amides is 1. The maximum absolute atomic E-state index is 13.6. The summed E-state index contributed by atoms with van der Waals surface area (Å²) in [5.41, 5.74) is 2.94. The number of nitro groups is 1. The van der Waals surface area contributed by atoms with Crippen LogP contribution in [-0.4, -0.2) is 23.1 Å². The predicted molar refractivity (Wildman–Crippen MR) is 135 cm³/mol. The van der Waals surface area contributed by atoms with E-state index in [2.05, 4.69) is 10.6 Å². The minimum atomic E-state index is -0.501. The van der Waals surface area contributed by atoms with Crippen LogP contribution >= 0.6 is 12.2 Å². The van der Waals surface area contributed by atoms with Crippen LogP contribution in [0.1, 0.15) is 18.5 Å². The van der Waals surface area contributed by atoms with Gasteiger partial charge in [0.25, 0.3) is 11.6 Å². The number of ether oxygens (including phenoxy) is 1. The summed E-state index contributed by atoms with van der Waals surface area (Å²) in [4.78, 5) is 26.0. The second-order valence-corrected chi connectivity index (χ2v) is 7.97. The van der Waals surface area contributed by atoms with Gasteiger partial charge in [0, 0.05) is 29.2 Å². The second kappa shape index (κ2) is 9.72. The normalized spacial score (nSPS) is 15.5. The van der Waals surface area contributed by atoms with Crippen molar-refractivity contribution in [1.29, 1.82) is 0 Å². The first-order chi connectivity index (χ1) is 16.4. The molecule has 0 fully saturated rings. The number of hydrogen-bond donors (Lipinski definition) is 2. The number of benzene rings is 3. The Hall–Kier alpha value is -4.24. The third kappa shape index (κ3) is 4.60. The van der Waals surface area contributed by atoms with E-state index in [1.807, 2.05) is 61.5 Å². The van der Waals surface area contributed by atoms with Crippen molar-refractivity contribution in [3.63, 3.8) is 0 Å². The molecule has 8 nitrogen and oxygen atoms in total. The maximum atomic E-state index is 13.6. The standard InChI is InChI=1S/C25H22N4O4S/c1-16-22(24(30)26-18-9-6-10-20(15-18)29(31)32)23(17-7-4-3-5-8-17)27-25(34)28(16)19-11-13-21(33-2)14-12-19/h3-15,23H,1-2H3,(H,26,30)(H,27,34). The number of nitro benzene ring substituents is 1. The molecule has 0 bridgehead atoms. The molecule has 0 aliphatic carbocycles. The molecule has 0 radical (unpaired) electrons. The number of allylic oxidation sites excluding steroid dienone is 1. The molecular weight excluding hydrogens is 452 g/mol. The van der Waals surface area contributed by atoms with Crippen molar-refractivity contribution < 1.29 is 14.5 Å². The van der Waals surface area contributed by atoms with E-state index >= 15 is 0 Å². The number of methoxy groups -OCH3 is 1. The monoisotopic (exact) mass is 474 g/mol. The Morgan fingerprint density at radius 2 is 1.79 bits per heavy atom. The van der Waals surface area contributed by atoms with Crippen LogP contribution in [0.2, 0.25) is 0 Å². The zero-order chi connectivity index (χ0) is 24.2. The summed E-state index contributed by atoms with van der Waals surface area (Å²) in [6.45, 7) is 1.83. The highest BCUT2D eigenvalue weighted by molar-refractivity contribution is 7.80. The number of anilines is 2. The molecule has 4 rings (SSSR count). The smallest absolute Gasteiger partial charge is 0.271 e. The molecule has 1 aliphatic rings. The van der Waals surface area contributed by atoms with E-state index in [1.54, 1.807) is 18.1 Å². The number of nitrogens with zero attached hydrogens (tertiary/aromatic N) is 2. The van der Waals surface area contributed by atoms with Crippen LogP contribution < -0.4 is 20.3 Å². The summed E-state index contributed by atoms with van der Waals surface area (Å²) in [7, 11) is 1.59. The molecule has 1 unspecified atom stereocenters. The van der Waals surface area contributed by atoms with Gasteiger partial charge < -0.3 is 15.4 Å². The SMILES string of the molecule is COc1ccc(N2C(=S)NC(c3ccccc3)C(C(=O)Nc3cccc([N+](=O)[O-])c3)=C2C)cc1. The summed E-state index contributed by atoms with van der Waals surface area (Å²) < 4.78 is 5.25. The molecule has 172 valence electrons. The first kappa shape index (κ1) is 22.9. The van der Waals surface area contributed by atoms with E-state index in [-0.39, 0.29) is 11.6 Å². The Balaban J connectivity index is 1.77. The third-order valence-electron chi connectivity index (χ3n) is 5.51. The Kier molecular flexibility index (Phi) is 6.55. The second-order valence-electron chi connectivity index (χ2n) is 7.59. The van der Waals surface area contributed by atoms with Crippen LogP contribution in [0.25, 0.3) is 0 Å². The van der Waals surface area contributed by atoms with E-state index in [4.69, 9.17) is 17.0 Å². The lowest BCUT2D eigenvalue weighted by Gasteiger charge is -2.38. The van der Waals surface area contributed by atoms with E-state index < -0.39 is 11.0 Å². The molecule has 0 spiro atoms. The van der Waals surface area contributed by atoms with Gasteiger partial charge in [0.1, 0.15) is 5.75 Å². The average Bonchev–Trinajstić information content (AvgIpc) is 2.84. The van der Waals surface area contributed by atoms with Gasteiger partial charge in [-0.2, -0.15) is 0 Å². The highest BCUT2D eigenvalue weighted by Crippen LogP contribution is 2.35. The largest absolute Gasteiger partial charge is 0.497 e. The Bertz CT molecular complexity index is 1280. The van der Waals surface area contributed by atoms with E-state index in [1.165, 1.54) is 18.2 Å². The lowest BCUT2D eigenvalue weighted by molar-refractivity contribution is -0.384. The number of rotatable bonds is 6. The lowest BCUT2D eigenvalue weighted by Crippen LogP contribution is -2.48. The molecule has 2 N–H and O–H groups in total. The first-order valence-corrected chi connectivity index (χ1v) is 10.9. The molecule has 3 aromatic rings. The Morgan fingerprint density at radius 1 is 1.09 bits per heavy atom. The van der Waals surface area contributed by atoms with E-state index in [0.29, 0.717) is 27.8 Å². The van der Waals surface area contributed by atoms with Crippen molar-refractivity contribution in [1.82, 2.24) is 5.32 Å². The molecule has 1 heterocycles. The van der Waals surface area contributed by atoms with Crippen LogP contribution in [0, 0.1) is 10.1 Å².